The van der Waals surface area contributed by atoms with Gasteiger partial charge in [0.25, 0.3) is 0 Å². The summed E-state index contributed by atoms with van der Waals surface area (Å²) in [6.45, 7) is 8.39. The number of unbranched alkanes of at least 4 members (excludes halogenated alkanes) is 3. The lowest BCUT2D eigenvalue weighted by atomic mass is 9.79. The van der Waals surface area contributed by atoms with Crippen LogP contribution in [-0.2, 0) is 25.5 Å². The molecule has 0 unspecified atom stereocenters. The molecular formula is C34H50O6. The normalized spacial score (nSPS) is 17.2. The Hall–Kier alpha value is -2.70. The van der Waals surface area contributed by atoms with Crippen LogP contribution in [0, 0.1) is 17.8 Å². The van der Waals surface area contributed by atoms with Gasteiger partial charge in [-0.3, -0.25) is 0 Å². The van der Waals surface area contributed by atoms with E-state index in [9.17, 15) is 9.59 Å². The predicted molar refractivity (Wildman–Crippen MR) is 160 cm³/mol. The Morgan fingerprint density at radius 1 is 0.900 bits per heavy atom. The molecule has 1 aromatic rings. The number of hydrogen-bond acceptors (Lipinski definition) is 6. The number of esters is 2. The van der Waals surface area contributed by atoms with Crippen LogP contribution in [0.1, 0.15) is 88.7 Å². The van der Waals surface area contributed by atoms with E-state index in [1.165, 1.54) is 62.5 Å². The lowest BCUT2D eigenvalue weighted by Gasteiger charge is -2.26. The van der Waals surface area contributed by atoms with Crippen molar-refractivity contribution >= 4 is 18.0 Å². The van der Waals surface area contributed by atoms with Crippen LogP contribution in [0.5, 0.6) is 0 Å². The first-order valence-corrected chi connectivity index (χ1v) is 15.0. The van der Waals surface area contributed by atoms with Gasteiger partial charge in [0.05, 0.1) is 37.6 Å². The first-order valence-electron chi connectivity index (χ1n) is 15.0. The van der Waals surface area contributed by atoms with Gasteiger partial charge in [0.1, 0.15) is 0 Å². The number of ether oxygens (including phenoxy) is 2. The van der Waals surface area contributed by atoms with E-state index in [1.807, 2.05) is 0 Å². The lowest BCUT2D eigenvalue weighted by Crippen LogP contribution is -2.23. The molecular weight excluding hydrogens is 504 g/mol. The van der Waals surface area contributed by atoms with Crippen molar-refractivity contribution in [2.75, 3.05) is 26.4 Å². The van der Waals surface area contributed by atoms with Gasteiger partial charge in [-0.2, -0.15) is 0 Å². The van der Waals surface area contributed by atoms with E-state index >= 15 is 0 Å². The highest BCUT2D eigenvalue weighted by atomic mass is 16.5. The summed E-state index contributed by atoms with van der Waals surface area (Å²) >= 11 is 0. The van der Waals surface area contributed by atoms with Crippen LogP contribution in [0.15, 0.2) is 54.6 Å². The molecule has 1 saturated carbocycles. The number of hydrogen-bond donors (Lipinski definition) is 2. The molecule has 1 aliphatic carbocycles. The molecule has 40 heavy (non-hydrogen) atoms. The molecule has 0 radical (unpaired) electrons. The third-order valence-corrected chi connectivity index (χ3v) is 7.84. The molecule has 2 rings (SSSR count). The van der Waals surface area contributed by atoms with E-state index in [0.29, 0.717) is 12.3 Å². The fourth-order valence-corrected chi connectivity index (χ4v) is 5.09. The number of benzene rings is 1. The third kappa shape index (κ3) is 13.1. The molecule has 1 fully saturated rings. The maximum atomic E-state index is 11.9. The van der Waals surface area contributed by atoms with E-state index < -0.39 is 25.2 Å². The quantitative estimate of drug-likeness (QED) is 0.114. The van der Waals surface area contributed by atoms with E-state index in [2.05, 4.69) is 56.5 Å². The van der Waals surface area contributed by atoms with Crippen LogP contribution in [0.4, 0.5) is 0 Å². The second kappa shape index (κ2) is 19.4. The number of aryl methyl sites for hydroxylation is 1. The minimum Gasteiger partial charge on any atom is -0.462 e. The van der Waals surface area contributed by atoms with Gasteiger partial charge in [0.2, 0.25) is 0 Å². The number of aliphatic hydroxyl groups excluding tert-OH is 2. The van der Waals surface area contributed by atoms with E-state index in [0.717, 1.165) is 25.2 Å². The lowest BCUT2D eigenvalue weighted by molar-refractivity contribution is -0.144. The number of carbonyl (C=O) groups is 2. The van der Waals surface area contributed by atoms with Crippen molar-refractivity contribution in [2.45, 2.75) is 84.0 Å². The van der Waals surface area contributed by atoms with Gasteiger partial charge in [0, 0.05) is 5.92 Å². The smallest absolute Gasteiger partial charge is 0.335 e. The molecule has 0 atom stereocenters. The van der Waals surface area contributed by atoms with Crippen LogP contribution in [0.25, 0.3) is 6.08 Å². The fraction of sp³-hybridized carbons (Fsp3) is 0.588. The summed E-state index contributed by atoms with van der Waals surface area (Å²) < 4.78 is 10.5. The van der Waals surface area contributed by atoms with Crippen LogP contribution >= 0.6 is 0 Å². The molecule has 1 aromatic carbocycles. The van der Waals surface area contributed by atoms with Gasteiger partial charge in [0.15, 0.2) is 0 Å². The predicted octanol–water partition coefficient (Wildman–Crippen LogP) is 6.60. The molecule has 6 heteroatoms. The molecule has 0 aliphatic heterocycles. The molecule has 0 saturated heterocycles. The maximum absolute atomic E-state index is 11.9. The van der Waals surface area contributed by atoms with Gasteiger partial charge >= 0.3 is 11.9 Å². The van der Waals surface area contributed by atoms with Crippen molar-refractivity contribution in [1.29, 1.82) is 0 Å². The Kier molecular flexibility index (Phi) is 16.2. The van der Waals surface area contributed by atoms with E-state index in [4.69, 9.17) is 19.7 Å². The second-order valence-corrected chi connectivity index (χ2v) is 11.2. The van der Waals surface area contributed by atoms with E-state index in [-0.39, 0.29) is 30.3 Å². The fourth-order valence-electron chi connectivity index (χ4n) is 5.09. The van der Waals surface area contributed by atoms with Crippen molar-refractivity contribution in [3.05, 3.63) is 65.8 Å². The Labute approximate surface area is 241 Å². The molecule has 0 bridgehead atoms. The summed E-state index contributed by atoms with van der Waals surface area (Å²) in [5.41, 5.74) is 2.48. The van der Waals surface area contributed by atoms with Crippen molar-refractivity contribution < 1.29 is 29.3 Å². The summed E-state index contributed by atoms with van der Waals surface area (Å²) in [5, 5.41) is 18.1. The third-order valence-electron chi connectivity index (χ3n) is 7.84. The first-order chi connectivity index (χ1) is 19.4. The van der Waals surface area contributed by atoms with Gasteiger partial charge in [-0.15, -0.1) is 0 Å². The van der Waals surface area contributed by atoms with Crippen molar-refractivity contribution in [3.63, 3.8) is 0 Å². The standard InChI is InChI=1S/C34H50O6/c1-4-5-6-9-28-12-16-30(17-13-28)20-21-31-18-14-29(15-19-31)10-7-8-11-32(24-39-33(37)26(2)22-35)25-40-34(38)27(3)23-36/h14-15,18-21,28,30,32,35-36H,2-13,16-17,22-25H2,1H3/b21-20+. The first kappa shape index (κ1) is 33.5. The zero-order chi connectivity index (χ0) is 29.2. The van der Waals surface area contributed by atoms with Crippen molar-refractivity contribution in [3.8, 4) is 0 Å². The van der Waals surface area contributed by atoms with Crippen LogP contribution in [0.2, 0.25) is 0 Å². The van der Waals surface area contributed by atoms with E-state index in [1.54, 1.807) is 0 Å². The number of allylic oxidation sites excluding steroid dienone is 1. The molecule has 2 N–H and O–H groups in total. The zero-order valence-corrected chi connectivity index (χ0v) is 24.5. The molecule has 0 heterocycles. The Morgan fingerprint density at radius 3 is 2.05 bits per heavy atom. The van der Waals surface area contributed by atoms with Gasteiger partial charge in [-0.1, -0.05) is 88.6 Å². The average molecular weight is 555 g/mol. The summed E-state index contributed by atoms with van der Waals surface area (Å²) in [7, 11) is 0. The van der Waals surface area contributed by atoms with Crippen LogP contribution in [0.3, 0.4) is 0 Å². The minimum atomic E-state index is -0.664. The Bertz CT molecular complexity index is 908. The SMILES string of the molecule is C=C(CO)C(=O)OCC(CCCCc1ccc(/C=C/C2CCC(CCCCC)CC2)cc1)COC(=O)C(=C)CO. The second-order valence-electron chi connectivity index (χ2n) is 11.2. The molecule has 222 valence electrons. The monoisotopic (exact) mass is 554 g/mol. The van der Waals surface area contributed by atoms with Gasteiger partial charge in [-0.25, -0.2) is 9.59 Å². The topological polar surface area (TPSA) is 93.1 Å². The van der Waals surface area contributed by atoms with Crippen LogP contribution in [-0.4, -0.2) is 48.6 Å². The Morgan fingerprint density at radius 2 is 1.50 bits per heavy atom. The molecule has 0 spiro atoms. The summed E-state index contributed by atoms with van der Waals surface area (Å²) in [4.78, 5) is 23.7. The average Bonchev–Trinajstić information content (AvgIpc) is 2.99. The minimum absolute atomic E-state index is 0.0205. The summed E-state index contributed by atoms with van der Waals surface area (Å²) in [6.07, 6.45) is 19.0. The highest BCUT2D eigenvalue weighted by Crippen LogP contribution is 2.33. The maximum Gasteiger partial charge on any atom is 0.335 e. The largest absolute Gasteiger partial charge is 0.462 e. The summed E-state index contributed by atoms with van der Waals surface area (Å²) in [6, 6.07) is 8.75. The molecule has 1 aliphatic rings. The Balaban J connectivity index is 1.74. The van der Waals surface area contributed by atoms with Crippen molar-refractivity contribution in [1.82, 2.24) is 0 Å². The van der Waals surface area contributed by atoms with Crippen LogP contribution < -0.4 is 0 Å². The van der Waals surface area contributed by atoms with Crippen molar-refractivity contribution in [2.24, 2.45) is 17.8 Å². The molecule has 0 amide bonds. The highest BCUT2D eigenvalue weighted by molar-refractivity contribution is 5.88. The molecule has 6 nitrogen and oxygen atoms in total. The number of carbonyl (C=O) groups excluding carboxylic acids is 2. The number of aliphatic hydroxyl groups is 2. The highest BCUT2D eigenvalue weighted by Gasteiger charge is 2.19. The summed E-state index contributed by atoms with van der Waals surface area (Å²) in [5.74, 6) is 0.112. The number of rotatable bonds is 19. The molecule has 0 aromatic heterocycles. The van der Waals surface area contributed by atoms with Gasteiger partial charge in [-0.05, 0) is 67.9 Å². The van der Waals surface area contributed by atoms with Gasteiger partial charge < -0.3 is 19.7 Å². The zero-order valence-electron chi connectivity index (χ0n) is 24.5.